The summed E-state index contributed by atoms with van der Waals surface area (Å²) in [7, 11) is 0. The summed E-state index contributed by atoms with van der Waals surface area (Å²) in [6, 6.07) is 0. The highest BCUT2D eigenvalue weighted by molar-refractivity contribution is 5.87. The van der Waals surface area contributed by atoms with Crippen LogP contribution in [-0.2, 0) is 4.79 Å². The normalized spacial score (nSPS) is 18.4. The van der Waals surface area contributed by atoms with Crippen LogP contribution < -0.4 is 0 Å². The van der Waals surface area contributed by atoms with Crippen molar-refractivity contribution >= 4 is 5.78 Å². The minimum Gasteiger partial charge on any atom is -0.394 e. The van der Waals surface area contributed by atoms with Crippen LogP contribution in [0.1, 0.15) is 0 Å². The van der Waals surface area contributed by atoms with E-state index in [0.717, 1.165) is 0 Å². The molecule has 72 valence electrons. The molecular formula is C6H12O6. The molecule has 0 spiro atoms. The number of Topliss-reactive ketones (excluding diaryl/α,β-unsaturated/α-hetero) is 1. The summed E-state index contributed by atoms with van der Waals surface area (Å²) in [6.07, 6.45) is -5.21. The zero-order valence-corrected chi connectivity index (χ0v) is 6.29. The Kier molecular flexibility index (Phi) is 4.95. The van der Waals surface area contributed by atoms with Gasteiger partial charge in [0.15, 0.2) is 5.78 Å². The van der Waals surface area contributed by atoms with Crippen molar-refractivity contribution in [2.75, 3.05) is 13.2 Å². The van der Waals surface area contributed by atoms with E-state index in [1.807, 2.05) is 0 Å². The first kappa shape index (κ1) is 11.5. The predicted molar refractivity (Wildman–Crippen MR) is 37.2 cm³/mol. The third kappa shape index (κ3) is 2.84. The number of hydrogen-bond acceptors (Lipinski definition) is 6. The van der Waals surface area contributed by atoms with Crippen LogP contribution in [0.25, 0.3) is 0 Å². The molecule has 0 heterocycles. The Labute approximate surface area is 68.7 Å². The molecule has 0 radical (unpaired) electrons. The molecule has 12 heavy (non-hydrogen) atoms. The average Bonchev–Trinajstić information content (AvgIpc) is 2.12. The van der Waals surface area contributed by atoms with E-state index in [1.165, 1.54) is 0 Å². The largest absolute Gasteiger partial charge is 0.394 e. The highest BCUT2D eigenvalue weighted by atomic mass is 16.5. The zero-order valence-electron chi connectivity index (χ0n) is 6.29. The standard InChI is InChI=1S/C6H12O6/c7-1-3(9)5(11)6(12)4(10)2-8/h3-5,7-11H,1-2H2/t3-,4+,5+/m1/s1/i2+2. The Bertz CT molecular complexity index is 147. The summed E-state index contributed by atoms with van der Waals surface area (Å²) in [5.41, 5.74) is 0. The first-order valence-corrected chi connectivity index (χ1v) is 3.34. The van der Waals surface area contributed by atoms with Gasteiger partial charge in [0, 0.05) is 0 Å². The Morgan fingerprint density at radius 2 is 1.83 bits per heavy atom. The van der Waals surface area contributed by atoms with Crippen LogP contribution in [0.15, 0.2) is 0 Å². The molecule has 0 aliphatic rings. The lowest BCUT2D eigenvalue weighted by Gasteiger charge is -2.16. The molecule has 0 aliphatic heterocycles. The van der Waals surface area contributed by atoms with Crippen LogP contribution >= 0.6 is 0 Å². The van der Waals surface area contributed by atoms with Gasteiger partial charge in [0.2, 0.25) is 0 Å². The summed E-state index contributed by atoms with van der Waals surface area (Å²) < 4.78 is 0. The molecule has 0 unspecified atom stereocenters. The third-order valence-electron chi connectivity index (χ3n) is 1.34. The Hall–Kier alpha value is -0.530. The molecule has 3 atom stereocenters. The Morgan fingerprint density at radius 1 is 1.33 bits per heavy atom. The number of carbonyl (C=O) groups excluding carboxylic acids is 1. The minimum atomic E-state index is -1.86. The van der Waals surface area contributed by atoms with Crippen LogP contribution in [0.3, 0.4) is 0 Å². The van der Waals surface area contributed by atoms with Crippen molar-refractivity contribution in [1.82, 2.24) is 0 Å². The molecule has 6 nitrogen and oxygen atoms in total. The molecule has 6 heteroatoms. The van der Waals surface area contributed by atoms with Crippen molar-refractivity contribution in [2.45, 2.75) is 18.3 Å². The van der Waals surface area contributed by atoms with Crippen molar-refractivity contribution in [2.24, 2.45) is 0 Å². The molecule has 0 aromatic heterocycles. The van der Waals surface area contributed by atoms with Crippen molar-refractivity contribution in [3.63, 3.8) is 0 Å². The van der Waals surface area contributed by atoms with Gasteiger partial charge in [0.05, 0.1) is 13.2 Å². The minimum absolute atomic E-state index is 0.787. The molecule has 0 bridgehead atoms. The molecule has 0 saturated carbocycles. The first-order chi connectivity index (χ1) is 5.54. The lowest BCUT2D eigenvalue weighted by atomic mass is 10.1. The number of aliphatic hydroxyl groups excluding tert-OH is 5. The van der Waals surface area contributed by atoms with Crippen LogP contribution in [0.2, 0.25) is 0 Å². The highest BCUT2D eigenvalue weighted by Gasteiger charge is 2.28. The molecule has 0 saturated heterocycles. The molecule has 0 fully saturated rings. The highest BCUT2D eigenvalue weighted by Crippen LogP contribution is 1.98. The maximum atomic E-state index is 10.7. The smallest absolute Gasteiger partial charge is 0.194 e. The van der Waals surface area contributed by atoms with E-state index in [-0.39, 0.29) is 0 Å². The molecule has 0 rings (SSSR count). The van der Waals surface area contributed by atoms with E-state index in [4.69, 9.17) is 25.5 Å². The van der Waals surface area contributed by atoms with Gasteiger partial charge in [-0.1, -0.05) is 0 Å². The van der Waals surface area contributed by atoms with Gasteiger partial charge >= 0.3 is 0 Å². The van der Waals surface area contributed by atoms with E-state index >= 15 is 0 Å². The second-order valence-corrected chi connectivity index (χ2v) is 2.30. The van der Waals surface area contributed by atoms with E-state index in [1.54, 1.807) is 0 Å². The summed E-state index contributed by atoms with van der Waals surface area (Å²) >= 11 is 0. The number of aliphatic hydroxyl groups is 5. The summed E-state index contributed by atoms with van der Waals surface area (Å²) in [6.45, 7) is -1.61. The van der Waals surface area contributed by atoms with Gasteiger partial charge in [-0.2, -0.15) is 0 Å². The fourth-order valence-corrected chi connectivity index (χ4v) is 0.577. The van der Waals surface area contributed by atoms with Crippen molar-refractivity contribution in [3.8, 4) is 0 Å². The first-order valence-electron chi connectivity index (χ1n) is 3.34. The summed E-state index contributed by atoms with van der Waals surface area (Å²) in [4.78, 5) is 10.7. The van der Waals surface area contributed by atoms with Gasteiger partial charge in [-0.3, -0.25) is 4.79 Å². The number of rotatable bonds is 5. The second-order valence-electron chi connectivity index (χ2n) is 2.30. The lowest BCUT2D eigenvalue weighted by molar-refractivity contribution is -0.144. The SMILES string of the molecule is O=C([C@@H](O)[C@H](O)CO)[C@@H](O)[14CH2]O. The molecule has 0 aliphatic carbocycles. The summed E-state index contributed by atoms with van der Waals surface area (Å²) in [5, 5.41) is 42.9. The topological polar surface area (TPSA) is 118 Å². The number of ketones is 1. The predicted octanol–water partition coefficient (Wildman–Crippen LogP) is -3.38. The van der Waals surface area contributed by atoms with Crippen molar-refractivity contribution in [3.05, 3.63) is 0 Å². The van der Waals surface area contributed by atoms with Crippen LogP contribution in [0, 0.1) is 0 Å². The van der Waals surface area contributed by atoms with Crippen LogP contribution in [0.4, 0.5) is 0 Å². The zero-order chi connectivity index (χ0) is 9.72. The average molecular weight is 182 g/mol. The molecule has 0 aromatic rings. The van der Waals surface area contributed by atoms with Crippen LogP contribution in [-0.4, -0.2) is 62.8 Å². The van der Waals surface area contributed by atoms with Gasteiger partial charge in [-0.15, -0.1) is 0 Å². The summed E-state index contributed by atoms with van der Waals surface area (Å²) in [5.74, 6) is -1.11. The van der Waals surface area contributed by atoms with Crippen LogP contribution in [0.5, 0.6) is 0 Å². The number of hydrogen-bond donors (Lipinski definition) is 5. The third-order valence-corrected chi connectivity index (χ3v) is 1.34. The fourth-order valence-electron chi connectivity index (χ4n) is 0.577. The van der Waals surface area contributed by atoms with Crippen molar-refractivity contribution < 1.29 is 30.3 Å². The van der Waals surface area contributed by atoms with Crippen molar-refractivity contribution in [1.29, 1.82) is 0 Å². The van der Waals surface area contributed by atoms with Gasteiger partial charge in [0.25, 0.3) is 0 Å². The van der Waals surface area contributed by atoms with E-state index < -0.39 is 37.3 Å². The van der Waals surface area contributed by atoms with E-state index in [0.29, 0.717) is 0 Å². The van der Waals surface area contributed by atoms with Gasteiger partial charge < -0.3 is 25.5 Å². The maximum Gasteiger partial charge on any atom is 0.194 e. The second kappa shape index (κ2) is 5.18. The monoisotopic (exact) mass is 182 g/mol. The maximum absolute atomic E-state index is 10.7. The molecule has 5 N–H and O–H groups in total. The Balaban J connectivity index is 4.09. The van der Waals surface area contributed by atoms with Gasteiger partial charge in [-0.25, -0.2) is 0 Å². The van der Waals surface area contributed by atoms with E-state index in [2.05, 4.69) is 0 Å². The van der Waals surface area contributed by atoms with Gasteiger partial charge in [0.1, 0.15) is 18.3 Å². The number of carbonyl (C=O) groups is 1. The fraction of sp³-hybridized carbons (Fsp3) is 0.833. The Morgan fingerprint density at radius 3 is 2.17 bits per heavy atom. The lowest BCUT2D eigenvalue weighted by Crippen LogP contribution is -2.43. The van der Waals surface area contributed by atoms with Gasteiger partial charge in [-0.05, 0) is 0 Å². The van der Waals surface area contributed by atoms with E-state index in [9.17, 15) is 4.79 Å². The quantitative estimate of drug-likeness (QED) is 0.303. The molecule has 0 aromatic carbocycles. The molecule has 0 amide bonds. The molecular weight excluding hydrogens is 170 g/mol.